The third-order valence-corrected chi connectivity index (χ3v) is 9.92. The highest BCUT2D eigenvalue weighted by Crippen LogP contribution is 2.37. The lowest BCUT2D eigenvalue weighted by atomic mass is 9.80. The van der Waals surface area contributed by atoms with Gasteiger partial charge in [0.05, 0.1) is 4.90 Å². The van der Waals surface area contributed by atoms with E-state index in [0.717, 1.165) is 22.3 Å². The fourth-order valence-electron chi connectivity index (χ4n) is 5.84. The normalized spacial score (nSPS) is 18.5. The topological polar surface area (TPSA) is 54.5 Å². The number of nitrogens with zero attached hydrogens (tertiary/aromatic N) is 1. The van der Waals surface area contributed by atoms with Crippen LogP contribution in [0.25, 0.3) is 5.57 Å². The molecule has 0 spiro atoms. The zero-order chi connectivity index (χ0) is 25.2. The molecule has 2 fully saturated rings. The van der Waals surface area contributed by atoms with E-state index in [1.54, 1.807) is 10.4 Å². The summed E-state index contributed by atoms with van der Waals surface area (Å²) in [5.74, 6) is 0.724. The van der Waals surface area contributed by atoms with Crippen LogP contribution in [-0.4, -0.2) is 31.6 Å². The summed E-state index contributed by atoms with van der Waals surface area (Å²) in [6.45, 7) is 10.9. The van der Waals surface area contributed by atoms with Crippen molar-refractivity contribution in [2.24, 2.45) is 5.92 Å². The van der Waals surface area contributed by atoms with Crippen LogP contribution in [0.3, 0.4) is 0 Å². The first-order valence-electron chi connectivity index (χ1n) is 13.1. The largest absolute Gasteiger partial charge is 0.299 e. The van der Waals surface area contributed by atoms with Crippen LogP contribution in [0.2, 0.25) is 0 Å². The fourth-order valence-corrected chi connectivity index (χ4v) is 7.52. The van der Waals surface area contributed by atoms with Crippen molar-refractivity contribution in [3.8, 4) is 0 Å². The molecule has 0 aromatic heterocycles. The number of benzene rings is 2. The van der Waals surface area contributed by atoms with E-state index in [4.69, 9.17) is 0 Å². The van der Waals surface area contributed by atoms with Crippen LogP contribution < -0.4 is 0 Å². The summed E-state index contributed by atoms with van der Waals surface area (Å²) in [6.07, 6.45) is 7.95. The molecule has 0 radical (unpaired) electrons. The zero-order valence-electron chi connectivity index (χ0n) is 21.5. The molecule has 0 atom stereocenters. The third kappa shape index (κ3) is 5.78. The second-order valence-electron chi connectivity index (χ2n) is 10.6. The van der Waals surface area contributed by atoms with Crippen molar-refractivity contribution < 1.29 is 13.2 Å². The van der Waals surface area contributed by atoms with E-state index >= 15 is 0 Å². The molecular formula is C30H39NO3S. The predicted molar refractivity (Wildman–Crippen MR) is 143 cm³/mol. The van der Waals surface area contributed by atoms with Gasteiger partial charge < -0.3 is 0 Å². The number of piperidine rings is 1. The fraction of sp³-hybridized carbons (Fsp3) is 0.500. The van der Waals surface area contributed by atoms with Crippen LogP contribution in [0, 0.1) is 19.8 Å². The number of carbonyl (C=O) groups excluding carboxylic acids is 1. The van der Waals surface area contributed by atoms with Crippen molar-refractivity contribution in [3.63, 3.8) is 0 Å². The molecule has 1 saturated carbocycles. The SMILES string of the molecule is C=C(C)c1cc(CC(=O)C2CCN(S(=O)(=O)c3ccc(C)cc3C)CC2)ccc1C1CCCCC1. The van der Waals surface area contributed by atoms with Gasteiger partial charge in [-0.3, -0.25) is 4.79 Å². The highest BCUT2D eigenvalue weighted by molar-refractivity contribution is 7.89. The first-order valence-corrected chi connectivity index (χ1v) is 14.5. The van der Waals surface area contributed by atoms with Crippen molar-refractivity contribution >= 4 is 21.4 Å². The van der Waals surface area contributed by atoms with E-state index < -0.39 is 10.0 Å². The third-order valence-electron chi connectivity index (χ3n) is 7.86. The van der Waals surface area contributed by atoms with Crippen LogP contribution in [-0.2, 0) is 21.2 Å². The van der Waals surface area contributed by atoms with E-state index in [1.807, 2.05) is 26.0 Å². The van der Waals surface area contributed by atoms with Crippen molar-refractivity contribution in [2.75, 3.05) is 13.1 Å². The molecule has 35 heavy (non-hydrogen) atoms. The molecule has 4 nitrogen and oxygen atoms in total. The molecular weight excluding hydrogens is 454 g/mol. The first-order chi connectivity index (χ1) is 16.7. The Morgan fingerprint density at radius 1 is 0.971 bits per heavy atom. The summed E-state index contributed by atoms with van der Waals surface area (Å²) in [7, 11) is -3.54. The molecule has 1 aliphatic heterocycles. The van der Waals surface area contributed by atoms with Gasteiger partial charge in [0.1, 0.15) is 5.78 Å². The molecule has 5 heteroatoms. The highest BCUT2D eigenvalue weighted by atomic mass is 32.2. The summed E-state index contributed by atoms with van der Waals surface area (Å²) >= 11 is 0. The van der Waals surface area contributed by atoms with Crippen LogP contribution in [0.15, 0.2) is 47.9 Å². The zero-order valence-corrected chi connectivity index (χ0v) is 22.3. The van der Waals surface area contributed by atoms with Gasteiger partial charge in [-0.05, 0) is 80.7 Å². The van der Waals surface area contributed by atoms with Crippen LogP contribution in [0.4, 0.5) is 0 Å². The molecule has 0 unspecified atom stereocenters. The molecule has 1 heterocycles. The number of aryl methyl sites for hydroxylation is 2. The van der Waals surface area contributed by atoms with E-state index in [9.17, 15) is 13.2 Å². The van der Waals surface area contributed by atoms with E-state index in [0.29, 0.717) is 43.2 Å². The Morgan fingerprint density at radius 2 is 1.66 bits per heavy atom. The average molecular weight is 494 g/mol. The van der Waals surface area contributed by atoms with Gasteiger partial charge in [-0.1, -0.05) is 67.3 Å². The number of ketones is 1. The van der Waals surface area contributed by atoms with Crippen molar-refractivity contribution in [1.29, 1.82) is 0 Å². The molecule has 0 amide bonds. The number of hydrogen-bond acceptors (Lipinski definition) is 3. The Morgan fingerprint density at radius 3 is 2.29 bits per heavy atom. The Bertz CT molecular complexity index is 1200. The van der Waals surface area contributed by atoms with E-state index in [-0.39, 0.29) is 11.7 Å². The summed E-state index contributed by atoms with van der Waals surface area (Å²) in [6, 6.07) is 12.0. The summed E-state index contributed by atoms with van der Waals surface area (Å²) < 4.78 is 27.9. The van der Waals surface area contributed by atoms with Crippen LogP contribution in [0.5, 0.6) is 0 Å². The molecule has 2 aromatic carbocycles. The first kappa shape index (κ1) is 25.8. The van der Waals surface area contributed by atoms with Gasteiger partial charge in [0.2, 0.25) is 10.0 Å². The minimum atomic E-state index is -3.54. The van der Waals surface area contributed by atoms with Crippen molar-refractivity contribution in [3.05, 3.63) is 70.8 Å². The standard InChI is InChI=1S/C30H39NO3S/c1-21(2)28-19-24(11-12-27(28)25-8-6-5-7-9-25)20-29(32)26-14-16-31(17-15-26)35(33,34)30-13-10-22(3)18-23(30)4/h10-13,18-19,25-26H,1,5-9,14-17,20H2,2-4H3. The molecule has 0 N–H and O–H groups in total. The second-order valence-corrected chi connectivity index (χ2v) is 12.5. The Hall–Kier alpha value is -2.24. The molecule has 1 saturated heterocycles. The van der Waals surface area contributed by atoms with Gasteiger partial charge in [0.15, 0.2) is 0 Å². The van der Waals surface area contributed by atoms with E-state index in [2.05, 4.69) is 31.7 Å². The summed E-state index contributed by atoms with van der Waals surface area (Å²) in [5.41, 5.74) is 6.51. The van der Waals surface area contributed by atoms with E-state index in [1.165, 1.54) is 43.2 Å². The number of allylic oxidation sites excluding steroid dienone is 1. The maximum absolute atomic E-state index is 13.2. The number of sulfonamides is 1. The minimum Gasteiger partial charge on any atom is -0.299 e. The maximum atomic E-state index is 13.2. The second kappa shape index (κ2) is 10.8. The average Bonchev–Trinajstić information content (AvgIpc) is 2.84. The molecule has 2 aromatic rings. The van der Waals surface area contributed by atoms with Gasteiger partial charge in [0.25, 0.3) is 0 Å². The molecule has 188 valence electrons. The Balaban J connectivity index is 1.41. The van der Waals surface area contributed by atoms with Gasteiger partial charge in [0, 0.05) is 25.4 Å². The lowest BCUT2D eigenvalue weighted by Gasteiger charge is -2.31. The monoisotopic (exact) mass is 493 g/mol. The number of Topliss-reactive ketones (excluding diaryl/α,β-unsaturated/α-hetero) is 1. The lowest BCUT2D eigenvalue weighted by molar-refractivity contribution is -0.123. The summed E-state index contributed by atoms with van der Waals surface area (Å²) in [5, 5.41) is 0. The minimum absolute atomic E-state index is 0.0909. The van der Waals surface area contributed by atoms with Crippen LogP contribution >= 0.6 is 0 Å². The Labute approximate surface area is 211 Å². The molecule has 1 aliphatic carbocycles. The Kier molecular flexibility index (Phi) is 7.97. The number of hydrogen-bond donors (Lipinski definition) is 0. The van der Waals surface area contributed by atoms with Gasteiger partial charge >= 0.3 is 0 Å². The molecule has 4 rings (SSSR count). The van der Waals surface area contributed by atoms with Gasteiger partial charge in [-0.25, -0.2) is 8.42 Å². The maximum Gasteiger partial charge on any atom is 0.243 e. The van der Waals surface area contributed by atoms with Gasteiger partial charge in [-0.15, -0.1) is 0 Å². The van der Waals surface area contributed by atoms with Crippen molar-refractivity contribution in [1.82, 2.24) is 4.31 Å². The molecule has 0 bridgehead atoms. The van der Waals surface area contributed by atoms with Gasteiger partial charge in [-0.2, -0.15) is 4.31 Å². The number of carbonyl (C=O) groups is 1. The van der Waals surface area contributed by atoms with Crippen molar-refractivity contribution in [2.45, 2.75) is 83.0 Å². The predicted octanol–water partition coefficient (Wildman–Crippen LogP) is 6.60. The molecule has 2 aliphatic rings. The lowest BCUT2D eigenvalue weighted by Crippen LogP contribution is -2.40. The number of rotatable bonds is 7. The smallest absolute Gasteiger partial charge is 0.243 e. The summed E-state index contributed by atoms with van der Waals surface area (Å²) in [4.78, 5) is 13.5. The quantitative estimate of drug-likeness (QED) is 0.437. The van der Waals surface area contributed by atoms with Crippen LogP contribution in [0.1, 0.15) is 85.6 Å². The highest BCUT2D eigenvalue weighted by Gasteiger charge is 2.32.